The van der Waals surface area contributed by atoms with Crippen molar-refractivity contribution in [3.63, 3.8) is 0 Å². The number of pyridine rings is 1. The number of hydrogen-bond donors (Lipinski definition) is 0. The largest absolute Gasteiger partial charge is 0.441 e. The highest BCUT2D eigenvalue weighted by Gasteiger charge is 2.19. The van der Waals surface area contributed by atoms with Gasteiger partial charge < -0.3 is 4.74 Å². The van der Waals surface area contributed by atoms with Gasteiger partial charge in [0.1, 0.15) is 0 Å². The number of hydrogen-bond acceptors (Lipinski definition) is 2. The zero-order valence-electron chi connectivity index (χ0n) is 9.75. The van der Waals surface area contributed by atoms with E-state index in [1.165, 1.54) is 0 Å². The average Bonchev–Trinajstić information content (AvgIpc) is 2.41. The standard InChI is InChI=1S/C14H13ClNO2/c15-11-18-14(17)13-8-4-5-9-16(13)10-12-6-2-1-3-7-12/h1-9H,10-11H2/q+1. The van der Waals surface area contributed by atoms with Gasteiger partial charge in [-0.05, 0) is 6.07 Å². The first-order valence-corrected chi connectivity index (χ1v) is 6.10. The minimum Gasteiger partial charge on any atom is -0.441 e. The monoisotopic (exact) mass is 262 g/mol. The molecule has 3 nitrogen and oxygen atoms in total. The van der Waals surface area contributed by atoms with Crippen LogP contribution in [0.15, 0.2) is 54.7 Å². The predicted molar refractivity (Wildman–Crippen MR) is 68.3 cm³/mol. The summed E-state index contributed by atoms with van der Waals surface area (Å²) in [5, 5.41) is 0. The van der Waals surface area contributed by atoms with E-state index in [4.69, 9.17) is 16.3 Å². The molecule has 0 saturated carbocycles. The van der Waals surface area contributed by atoms with Gasteiger partial charge in [0.05, 0.1) is 0 Å². The molecule has 0 atom stereocenters. The number of ether oxygens (including phenoxy) is 1. The molecule has 1 aromatic carbocycles. The van der Waals surface area contributed by atoms with Crippen LogP contribution in [-0.2, 0) is 11.3 Å². The Hall–Kier alpha value is -1.87. The van der Waals surface area contributed by atoms with E-state index in [0.717, 1.165) is 5.56 Å². The van der Waals surface area contributed by atoms with Gasteiger partial charge in [-0.2, -0.15) is 4.57 Å². The van der Waals surface area contributed by atoms with Crippen molar-refractivity contribution in [2.24, 2.45) is 0 Å². The first-order chi connectivity index (χ1) is 8.81. The van der Waals surface area contributed by atoms with Gasteiger partial charge in [0.15, 0.2) is 18.8 Å². The molecule has 0 saturated heterocycles. The second-order valence-corrected chi connectivity index (χ2v) is 3.96. The molecule has 0 bridgehead atoms. The maximum Gasteiger partial charge on any atom is 0.404 e. The van der Waals surface area contributed by atoms with Crippen LogP contribution >= 0.6 is 11.6 Å². The van der Waals surface area contributed by atoms with Crippen molar-refractivity contribution in [1.82, 2.24) is 0 Å². The number of benzene rings is 1. The highest BCUT2D eigenvalue weighted by atomic mass is 35.5. The fourth-order valence-corrected chi connectivity index (χ4v) is 1.80. The Kier molecular flexibility index (Phi) is 4.31. The van der Waals surface area contributed by atoms with E-state index in [2.05, 4.69) is 0 Å². The van der Waals surface area contributed by atoms with Crippen molar-refractivity contribution in [1.29, 1.82) is 0 Å². The number of alkyl halides is 1. The summed E-state index contributed by atoms with van der Waals surface area (Å²) in [7, 11) is 0. The fraction of sp³-hybridized carbons (Fsp3) is 0.143. The third-order valence-corrected chi connectivity index (χ3v) is 2.64. The maximum atomic E-state index is 11.7. The van der Waals surface area contributed by atoms with Crippen LogP contribution in [0.2, 0.25) is 0 Å². The van der Waals surface area contributed by atoms with Crippen molar-refractivity contribution in [3.05, 3.63) is 66.0 Å². The lowest BCUT2D eigenvalue weighted by atomic mass is 10.2. The van der Waals surface area contributed by atoms with Crippen molar-refractivity contribution >= 4 is 17.6 Å². The molecule has 0 aliphatic carbocycles. The molecule has 0 radical (unpaired) electrons. The Labute approximate surface area is 111 Å². The maximum absolute atomic E-state index is 11.7. The van der Waals surface area contributed by atoms with E-state index < -0.39 is 5.97 Å². The van der Waals surface area contributed by atoms with Crippen molar-refractivity contribution in [2.75, 3.05) is 6.07 Å². The highest BCUT2D eigenvalue weighted by Crippen LogP contribution is 2.01. The average molecular weight is 263 g/mol. The third kappa shape index (κ3) is 3.08. The molecule has 0 fully saturated rings. The van der Waals surface area contributed by atoms with Gasteiger partial charge in [-0.1, -0.05) is 41.9 Å². The zero-order valence-corrected chi connectivity index (χ0v) is 10.5. The predicted octanol–water partition coefficient (Wildman–Crippen LogP) is 2.38. The van der Waals surface area contributed by atoms with Gasteiger partial charge in [-0.25, -0.2) is 4.79 Å². The van der Waals surface area contributed by atoms with Crippen LogP contribution in [0.5, 0.6) is 0 Å². The molecule has 1 aromatic heterocycles. The van der Waals surface area contributed by atoms with E-state index in [0.29, 0.717) is 12.2 Å². The fourth-order valence-electron chi connectivity index (χ4n) is 1.70. The molecule has 0 spiro atoms. The number of carbonyl (C=O) groups is 1. The van der Waals surface area contributed by atoms with Crippen LogP contribution in [0.1, 0.15) is 16.1 Å². The molecule has 0 unspecified atom stereocenters. The zero-order chi connectivity index (χ0) is 12.8. The van der Waals surface area contributed by atoms with Gasteiger partial charge >= 0.3 is 5.97 Å². The van der Waals surface area contributed by atoms with Crippen LogP contribution in [0.4, 0.5) is 0 Å². The summed E-state index contributed by atoms with van der Waals surface area (Å²) in [6, 6.07) is 15.2. The van der Waals surface area contributed by atoms with E-state index in [1.807, 2.05) is 47.2 Å². The summed E-state index contributed by atoms with van der Waals surface area (Å²) in [6.07, 6.45) is 1.85. The minimum atomic E-state index is -0.415. The molecule has 0 amide bonds. The quantitative estimate of drug-likeness (QED) is 0.481. The molecule has 2 aromatic rings. The van der Waals surface area contributed by atoms with Crippen LogP contribution in [0.3, 0.4) is 0 Å². The lowest BCUT2D eigenvalue weighted by molar-refractivity contribution is -0.690. The lowest BCUT2D eigenvalue weighted by Gasteiger charge is -2.03. The Morgan fingerprint density at radius 3 is 2.56 bits per heavy atom. The Morgan fingerprint density at radius 1 is 1.11 bits per heavy atom. The molecule has 1 heterocycles. The normalized spacial score (nSPS) is 10.1. The van der Waals surface area contributed by atoms with Crippen molar-refractivity contribution < 1.29 is 14.1 Å². The number of nitrogens with zero attached hydrogens (tertiary/aromatic N) is 1. The number of rotatable bonds is 4. The van der Waals surface area contributed by atoms with Gasteiger partial charge in [-0.3, -0.25) is 0 Å². The van der Waals surface area contributed by atoms with Gasteiger partial charge in [0.2, 0.25) is 0 Å². The lowest BCUT2D eigenvalue weighted by Crippen LogP contribution is -2.41. The van der Waals surface area contributed by atoms with Crippen LogP contribution < -0.4 is 4.57 Å². The smallest absolute Gasteiger partial charge is 0.404 e. The third-order valence-electron chi connectivity index (χ3n) is 2.53. The van der Waals surface area contributed by atoms with E-state index in [1.54, 1.807) is 12.1 Å². The molecule has 2 rings (SSSR count). The van der Waals surface area contributed by atoms with Crippen molar-refractivity contribution in [3.8, 4) is 0 Å². The van der Waals surface area contributed by atoms with Gasteiger partial charge in [0.25, 0.3) is 5.69 Å². The molecule has 0 N–H and O–H groups in total. The van der Waals surface area contributed by atoms with Crippen LogP contribution in [-0.4, -0.2) is 12.0 Å². The molecule has 0 aliphatic heterocycles. The number of esters is 1. The molecule has 4 heteroatoms. The minimum absolute atomic E-state index is 0.140. The molecule has 92 valence electrons. The molecule has 18 heavy (non-hydrogen) atoms. The van der Waals surface area contributed by atoms with Gasteiger partial charge in [-0.15, -0.1) is 0 Å². The number of halogens is 1. The number of carbonyl (C=O) groups excluding carboxylic acids is 1. The topological polar surface area (TPSA) is 30.2 Å². The Bertz CT molecular complexity index is 528. The highest BCUT2D eigenvalue weighted by molar-refractivity contribution is 6.17. The summed E-state index contributed by atoms with van der Waals surface area (Å²) >= 11 is 5.41. The molecular weight excluding hydrogens is 250 g/mol. The van der Waals surface area contributed by atoms with Crippen LogP contribution in [0.25, 0.3) is 0 Å². The summed E-state index contributed by atoms with van der Waals surface area (Å²) in [4.78, 5) is 11.7. The Balaban J connectivity index is 2.25. The van der Waals surface area contributed by atoms with E-state index >= 15 is 0 Å². The van der Waals surface area contributed by atoms with Crippen molar-refractivity contribution in [2.45, 2.75) is 6.54 Å². The second kappa shape index (κ2) is 6.17. The van der Waals surface area contributed by atoms with Crippen LogP contribution in [0, 0.1) is 0 Å². The first kappa shape index (κ1) is 12.6. The van der Waals surface area contributed by atoms with E-state index in [9.17, 15) is 4.79 Å². The summed E-state index contributed by atoms with van der Waals surface area (Å²) in [5.74, 6) is -0.415. The SMILES string of the molecule is O=C(OCCl)c1cccc[n+]1Cc1ccccc1. The summed E-state index contributed by atoms with van der Waals surface area (Å²) in [5.41, 5.74) is 1.61. The molecule has 0 aliphatic rings. The first-order valence-electron chi connectivity index (χ1n) is 5.57. The van der Waals surface area contributed by atoms with E-state index in [-0.39, 0.29) is 6.07 Å². The van der Waals surface area contributed by atoms with Gasteiger partial charge in [0, 0.05) is 17.7 Å². The Morgan fingerprint density at radius 2 is 1.83 bits per heavy atom. The number of aromatic nitrogens is 1. The summed E-state index contributed by atoms with van der Waals surface area (Å²) < 4.78 is 6.65. The molecular formula is C14H13ClNO2+. The summed E-state index contributed by atoms with van der Waals surface area (Å²) in [6.45, 7) is 0.619. The second-order valence-electron chi connectivity index (χ2n) is 3.74.